The van der Waals surface area contributed by atoms with E-state index in [4.69, 9.17) is 0 Å². The van der Waals surface area contributed by atoms with E-state index in [2.05, 4.69) is 14.6 Å². The molecule has 122 valence electrons. The Labute approximate surface area is 126 Å². The number of hydrogen-bond donors (Lipinski definition) is 0. The SMILES string of the molecule is O=C(CCOCC(F)(F)F)N1CCN(c2ccncc2)CC1. The number of carbonyl (C=O) groups is 1. The second-order valence-electron chi connectivity index (χ2n) is 4.99. The molecule has 22 heavy (non-hydrogen) atoms. The van der Waals surface area contributed by atoms with Gasteiger partial charge in [-0.15, -0.1) is 0 Å². The molecule has 1 aromatic rings. The van der Waals surface area contributed by atoms with Gasteiger partial charge in [-0.2, -0.15) is 13.2 Å². The lowest BCUT2D eigenvalue weighted by molar-refractivity contribution is -0.175. The van der Waals surface area contributed by atoms with Crippen LogP contribution < -0.4 is 4.90 Å². The van der Waals surface area contributed by atoms with Gasteiger partial charge in [-0.05, 0) is 12.1 Å². The molecule has 0 N–H and O–H groups in total. The molecule has 0 spiro atoms. The third-order valence-electron chi connectivity index (χ3n) is 3.39. The summed E-state index contributed by atoms with van der Waals surface area (Å²) in [5.74, 6) is -0.170. The maximum atomic E-state index is 11.9. The van der Waals surface area contributed by atoms with Crippen molar-refractivity contribution in [1.82, 2.24) is 9.88 Å². The molecule has 1 aromatic heterocycles. The van der Waals surface area contributed by atoms with Crippen LogP contribution in [0.4, 0.5) is 18.9 Å². The second-order valence-corrected chi connectivity index (χ2v) is 4.99. The molecular weight excluding hydrogens is 299 g/mol. The van der Waals surface area contributed by atoms with E-state index in [9.17, 15) is 18.0 Å². The summed E-state index contributed by atoms with van der Waals surface area (Å²) in [4.78, 5) is 19.7. The van der Waals surface area contributed by atoms with Crippen molar-refractivity contribution in [1.29, 1.82) is 0 Å². The van der Waals surface area contributed by atoms with Gasteiger partial charge >= 0.3 is 6.18 Å². The van der Waals surface area contributed by atoms with Crippen LogP contribution in [0.1, 0.15) is 6.42 Å². The quantitative estimate of drug-likeness (QED) is 0.776. The Morgan fingerprint density at radius 1 is 1.18 bits per heavy atom. The zero-order chi connectivity index (χ0) is 16.0. The zero-order valence-electron chi connectivity index (χ0n) is 12.1. The maximum absolute atomic E-state index is 11.9. The van der Waals surface area contributed by atoms with Crippen molar-refractivity contribution in [3.63, 3.8) is 0 Å². The molecule has 1 aliphatic heterocycles. The minimum atomic E-state index is -4.35. The highest BCUT2D eigenvalue weighted by molar-refractivity contribution is 5.76. The first-order valence-electron chi connectivity index (χ1n) is 7.03. The molecule has 0 radical (unpaired) electrons. The van der Waals surface area contributed by atoms with Gasteiger partial charge in [0.1, 0.15) is 6.61 Å². The van der Waals surface area contributed by atoms with Crippen LogP contribution in [0.25, 0.3) is 0 Å². The second kappa shape index (κ2) is 7.44. The predicted octanol–water partition coefficient (Wildman–Crippen LogP) is 1.70. The van der Waals surface area contributed by atoms with Gasteiger partial charge in [-0.1, -0.05) is 0 Å². The fraction of sp³-hybridized carbons (Fsp3) is 0.571. The molecule has 1 aliphatic rings. The fourth-order valence-corrected chi connectivity index (χ4v) is 2.27. The Kier molecular flexibility index (Phi) is 5.59. The molecule has 1 fully saturated rings. The van der Waals surface area contributed by atoms with E-state index >= 15 is 0 Å². The molecule has 0 bridgehead atoms. The lowest BCUT2D eigenvalue weighted by Crippen LogP contribution is -2.49. The summed E-state index contributed by atoms with van der Waals surface area (Å²) in [6.07, 6.45) is -0.944. The minimum absolute atomic E-state index is 0.0225. The summed E-state index contributed by atoms with van der Waals surface area (Å²) in [6.45, 7) is 0.984. The van der Waals surface area contributed by atoms with Crippen molar-refractivity contribution < 1.29 is 22.7 Å². The van der Waals surface area contributed by atoms with Crippen LogP contribution in [0.3, 0.4) is 0 Å². The largest absolute Gasteiger partial charge is 0.411 e. The van der Waals surface area contributed by atoms with Crippen molar-refractivity contribution in [2.24, 2.45) is 0 Å². The zero-order valence-corrected chi connectivity index (χ0v) is 12.1. The van der Waals surface area contributed by atoms with Crippen molar-refractivity contribution in [3.05, 3.63) is 24.5 Å². The molecule has 0 aliphatic carbocycles. The number of anilines is 1. The summed E-state index contributed by atoms with van der Waals surface area (Å²) in [5.41, 5.74) is 1.05. The molecular formula is C14H18F3N3O2. The molecule has 0 saturated carbocycles. The summed E-state index contributed by atoms with van der Waals surface area (Å²) in [6, 6.07) is 3.81. The van der Waals surface area contributed by atoms with Gasteiger partial charge in [0.05, 0.1) is 13.0 Å². The van der Waals surface area contributed by atoms with Crippen molar-refractivity contribution in [2.75, 3.05) is 44.3 Å². The van der Waals surface area contributed by atoms with Crippen LogP contribution in [0, 0.1) is 0 Å². The predicted molar refractivity (Wildman–Crippen MR) is 74.5 cm³/mol. The van der Waals surface area contributed by atoms with Crippen LogP contribution in [0.5, 0.6) is 0 Å². The van der Waals surface area contributed by atoms with Crippen LogP contribution >= 0.6 is 0 Å². The standard InChI is InChI=1S/C14H18F3N3O2/c15-14(16,17)11-22-10-3-13(21)20-8-6-19(7-9-20)12-1-4-18-5-2-12/h1-2,4-5H,3,6-11H2. The van der Waals surface area contributed by atoms with Gasteiger partial charge in [-0.3, -0.25) is 9.78 Å². The van der Waals surface area contributed by atoms with E-state index in [1.807, 2.05) is 12.1 Å². The third-order valence-corrected chi connectivity index (χ3v) is 3.39. The van der Waals surface area contributed by atoms with E-state index in [0.717, 1.165) is 5.69 Å². The fourth-order valence-electron chi connectivity index (χ4n) is 2.27. The monoisotopic (exact) mass is 317 g/mol. The first kappa shape index (κ1) is 16.5. The average molecular weight is 317 g/mol. The number of alkyl halides is 3. The molecule has 5 nitrogen and oxygen atoms in total. The first-order valence-corrected chi connectivity index (χ1v) is 7.03. The molecule has 8 heteroatoms. The van der Waals surface area contributed by atoms with E-state index in [0.29, 0.717) is 26.2 Å². The Hall–Kier alpha value is -1.83. The highest BCUT2D eigenvalue weighted by Crippen LogP contribution is 2.16. The Morgan fingerprint density at radius 3 is 2.41 bits per heavy atom. The molecule has 1 amide bonds. The van der Waals surface area contributed by atoms with E-state index < -0.39 is 12.8 Å². The summed E-state index contributed by atoms with van der Waals surface area (Å²) in [7, 11) is 0. The summed E-state index contributed by atoms with van der Waals surface area (Å²) >= 11 is 0. The maximum Gasteiger partial charge on any atom is 0.411 e. The normalized spacial score (nSPS) is 16.0. The number of hydrogen-bond acceptors (Lipinski definition) is 4. The smallest absolute Gasteiger partial charge is 0.372 e. The average Bonchev–Trinajstić information content (AvgIpc) is 2.51. The highest BCUT2D eigenvalue weighted by Gasteiger charge is 2.27. The van der Waals surface area contributed by atoms with Gasteiger partial charge in [0.2, 0.25) is 5.91 Å². The van der Waals surface area contributed by atoms with E-state index in [-0.39, 0.29) is 18.9 Å². The number of rotatable bonds is 5. The number of ether oxygens (including phenoxy) is 1. The lowest BCUT2D eigenvalue weighted by Gasteiger charge is -2.36. The molecule has 2 heterocycles. The van der Waals surface area contributed by atoms with Crippen LogP contribution in [0.15, 0.2) is 24.5 Å². The van der Waals surface area contributed by atoms with Gasteiger partial charge in [0, 0.05) is 44.3 Å². The van der Waals surface area contributed by atoms with Gasteiger partial charge in [0.25, 0.3) is 0 Å². The molecule has 2 rings (SSSR count). The third kappa shape index (κ3) is 5.18. The number of pyridine rings is 1. The lowest BCUT2D eigenvalue weighted by atomic mass is 10.2. The molecule has 0 unspecified atom stereocenters. The van der Waals surface area contributed by atoms with E-state index in [1.165, 1.54) is 0 Å². The molecule has 0 aromatic carbocycles. The van der Waals surface area contributed by atoms with Crippen LogP contribution in [0.2, 0.25) is 0 Å². The Bertz CT molecular complexity index is 474. The Balaban J connectivity index is 1.69. The van der Waals surface area contributed by atoms with Crippen LogP contribution in [-0.4, -0.2) is 61.4 Å². The van der Waals surface area contributed by atoms with Crippen molar-refractivity contribution >= 4 is 11.6 Å². The van der Waals surface area contributed by atoms with Gasteiger partial charge in [0.15, 0.2) is 0 Å². The van der Waals surface area contributed by atoms with Crippen LogP contribution in [-0.2, 0) is 9.53 Å². The number of carbonyl (C=O) groups excluding carboxylic acids is 1. The number of nitrogens with zero attached hydrogens (tertiary/aromatic N) is 3. The minimum Gasteiger partial charge on any atom is -0.372 e. The van der Waals surface area contributed by atoms with Crippen molar-refractivity contribution in [2.45, 2.75) is 12.6 Å². The first-order chi connectivity index (χ1) is 10.5. The van der Waals surface area contributed by atoms with Crippen molar-refractivity contribution in [3.8, 4) is 0 Å². The number of aromatic nitrogens is 1. The van der Waals surface area contributed by atoms with Gasteiger partial charge in [-0.25, -0.2) is 0 Å². The molecule has 0 atom stereocenters. The number of halogens is 3. The summed E-state index contributed by atoms with van der Waals surface area (Å²) < 4.78 is 40.2. The van der Waals surface area contributed by atoms with Gasteiger partial charge < -0.3 is 14.5 Å². The molecule has 1 saturated heterocycles. The number of piperazine rings is 1. The Morgan fingerprint density at radius 2 is 1.82 bits per heavy atom. The number of amides is 1. The highest BCUT2D eigenvalue weighted by atomic mass is 19.4. The van der Waals surface area contributed by atoms with E-state index in [1.54, 1.807) is 17.3 Å². The topological polar surface area (TPSA) is 45.7 Å². The summed E-state index contributed by atoms with van der Waals surface area (Å²) in [5, 5.41) is 0.